The Labute approximate surface area is 118 Å². The van der Waals surface area contributed by atoms with Gasteiger partial charge in [-0.15, -0.1) is 0 Å². The Kier molecular flexibility index (Phi) is 2.97. The van der Waals surface area contributed by atoms with E-state index in [9.17, 15) is 0 Å². The van der Waals surface area contributed by atoms with Crippen molar-refractivity contribution in [3.8, 4) is 0 Å². The highest BCUT2D eigenvalue weighted by Gasteiger charge is 2.53. The fourth-order valence-electron chi connectivity index (χ4n) is 6.27. The van der Waals surface area contributed by atoms with Crippen LogP contribution in [0.15, 0.2) is 0 Å². The molecule has 4 bridgehead atoms. The molecule has 5 aliphatic rings. The summed E-state index contributed by atoms with van der Waals surface area (Å²) in [5, 5.41) is 0. The van der Waals surface area contributed by atoms with Gasteiger partial charge in [0.1, 0.15) is 0 Å². The van der Waals surface area contributed by atoms with E-state index in [1.165, 1.54) is 45.2 Å². The molecule has 0 amide bonds. The highest BCUT2D eigenvalue weighted by Crippen LogP contribution is 2.58. The summed E-state index contributed by atoms with van der Waals surface area (Å²) in [5.41, 5.74) is 0.620. The number of nitrogens with zero attached hydrogens (tertiary/aromatic N) is 2. The molecule has 19 heavy (non-hydrogen) atoms. The molecule has 0 spiro atoms. The van der Waals surface area contributed by atoms with Crippen molar-refractivity contribution < 1.29 is 0 Å². The maximum atomic E-state index is 2.88. The molecule has 0 aromatic carbocycles. The van der Waals surface area contributed by atoms with E-state index >= 15 is 0 Å². The first-order valence-electron chi connectivity index (χ1n) is 8.56. The van der Waals surface area contributed by atoms with Gasteiger partial charge in [-0.3, -0.25) is 4.90 Å². The second kappa shape index (κ2) is 4.46. The van der Waals surface area contributed by atoms with Crippen LogP contribution in [0.5, 0.6) is 0 Å². The molecular weight excluding hydrogens is 232 g/mol. The van der Waals surface area contributed by atoms with Crippen LogP contribution in [-0.2, 0) is 0 Å². The van der Waals surface area contributed by atoms with E-state index in [0.29, 0.717) is 5.54 Å². The molecule has 1 aliphatic heterocycles. The Morgan fingerprint density at radius 2 is 1.37 bits per heavy atom. The van der Waals surface area contributed by atoms with Crippen molar-refractivity contribution in [2.45, 2.75) is 62.9 Å². The van der Waals surface area contributed by atoms with E-state index in [0.717, 1.165) is 23.8 Å². The summed E-state index contributed by atoms with van der Waals surface area (Å²) < 4.78 is 0. The molecule has 1 heterocycles. The molecule has 5 fully saturated rings. The largest absolute Gasteiger partial charge is 0.306 e. The van der Waals surface area contributed by atoms with Crippen molar-refractivity contribution >= 4 is 0 Å². The lowest BCUT2D eigenvalue weighted by Gasteiger charge is -2.61. The zero-order chi connectivity index (χ0) is 13.0. The van der Waals surface area contributed by atoms with Gasteiger partial charge in [-0.2, -0.15) is 0 Å². The van der Waals surface area contributed by atoms with Crippen molar-refractivity contribution in [3.63, 3.8) is 0 Å². The fraction of sp³-hybridized carbons (Fsp3) is 1.00. The number of hydrogen-bond acceptors (Lipinski definition) is 2. The van der Waals surface area contributed by atoms with Gasteiger partial charge in [-0.1, -0.05) is 0 Å². The third-order valence-electron chi connectivity index (χ3n) is 6.99. The first kappa shape index (κ1) is 12.6. The van der Waals surface area contributed by atoms with E-state index in [1.807, 2.05) is 0 Å². The molecule has 0 radical (unpaired) electrons. The lowest BCUT2D eigenvalue weighted by molar-refractivity contribution is -0.0997. The monoisotopic (exact) mass is 262 g/mol. The van der Waals surface area contributed by atoms with Crippen molar-refractivity contribution in [3.05, 3.63) is 0 Å². The lowest BCUT2D eigenvalue weighted by atomic mass is 9.52. The van der Waals surface area contributed by atoms with Crippen LogP contribution in [-0.4, -0.2) is 48.6 Å². The quantitative estimate of drug-likeness (QED) is 0.755. The normalized spacial score (nSPS) is 47.2. The van der Waals surface area contributed by atoms with Gasteiger partial charge in [-0.25, -0.2) is 0 Å². The number of rotatable bonds is 2. The molecule has 0 aromatic rings. The topological polar surface area (TPSA) is 6.48 Å². The predicted molar refractivity (Wildman–Crippen MR) is 79.2 cm³/mol. The standard InChI is InChI=1S/C17H30N2/c1-18-5-3-16(4-6-18)19(2)17-10-13-7-14(11-17)9-15(8-13)12-17/h13-16H,3-12H2,1-2H3. The summed E-state index contributed by atoms with van der Waals surface area (Å²) in [6, 6.07) is 0.868. The Hall–Kier alpha value is -0.0800. The van der Waals surface area contributed by atoms with E-state index < -0.39 is 0 Å². The van der Waals surface area contributed by atoms with Crippen LogP contribution in [0.1, 0.15) is 51.4 Å². The molecule has 0 unspecified atom stereocenters. The van der Waals surface area contributed by atoms with Crippen LogP contribution in [0.4, 0.5) is 0 Å². The Morgan fingerprint density at radius 1 is 0.895 bits per heavy atom. The molecule has 0 atom stereocenters. The van der Waals surface area contributed by atoms with Gasteiger partial charge >= 0.3 is 0 Å². The molecule has 4 aliphatic carbocycles. The lowest BCUT2D eigenvalue weighted by Crippen LogP contribution is -2.62. The minimum Gasteiger partial charge on any atom is -0.306 e. The van der Waals surface area contributed by atoms with E-state index in [-0.39, 0.29) is 0 Å². The van der Waals surface area contributed by atoms with E-state index in [2.05, 4.69) is 23.9 Å². The second-order valence-electron chi connectivity index (χ2n) is 8.29. The highest BCUT2D eigenvalue weighted by atomic mass is 15.2. The summed E-state index contributed by atoms with van der Waals surface area (Å²) in [4.78, 5) is 5.38. The third-order valence-corrected chi connectivity index (χ3v) is 6.99. The SMILES string of the molecule is CN1CCC(N(C)C23CC4CC(CC(C4)C2)C3)CC1. The van der Waals surface area contributed by atoms with Gasteiger partial charge < -0.3 is 4.90 Å². The zero-order valence-corrected chi connectivity index (χ0v) is 12.8. The van der Waals surface area contributed by atoms with Gasteiger partial charge in [-0.05, 0) is 96.3 Å². The highest BCUT2D eigenvalue weighted by molar-refractivity contribution is 5.08. The average Bonchev–Trinajstić information content (AvgIpc) is 2.37. The number of piperidine rings is 1. The first-order chi connectivity index (χ1) is 9.14. The molecule has 0 aromatic heterocycles. The van der Waals surface area contributed by atoms with E-state index in [4.69, 9.17) is 0 Å². The molecule has 0 N–H and O–H groups in total. The van der Waals surface area contributed by atoms with Crippen molar-refractivity contribution in [1.29, 1.82) is 0 Å². The Balaban J connectivity index is 1.51. The third kappa shape index (κ3) is 2.06. The van der Waals surface area contributed by atoms with Crippen LogP contribution < -0.4 is 0 Å². The van der Waals surface area contributed by atoms with Crippen molar-refractivity contribution in [2.24, 2.45) is 17.8 Å². The molecule has 2 nitrogen and oxygen atoms in total. The van der Waals surface area contributed by atoms with Gasteiger partial charge in [0.05, 0.1) is 0 Å². The molecule has 108 valence electrons. The predicted octanol–water partition coefficient (Wildman–Crippen LogP) is 2.98. The van der Waals surface area contributed by atoms with Gasteiger partial charge in [0.2, 0.25) is 0 Å². The fourth-order valence-corrected chi connectivity index (χ4v) is 6.27. The maximum Gasteiger partial charge on any atom is 0.0217 e. The summed E-state index contributed by atoms with van der Waals surface area (Å²) in [5.74, 6) is 3.25. The summed E-state index contributed by atoms with van der Waals surface area (Å²) in [6.45, 7) is 2.61. The minimum absolute atomic E-state index is 0.620. The number of hydrogen-bond donors (Lipinski definition) is 0. The van der Waals surface area contributed by atoms with Crippen molar-refractivity contribution in [2.75, 3.05) is 27.2 Å². The van der Waals surface area contributed by atoms with Crippen molar-refractivity contribution in [1.82, 2.24) is 9.80 Å². The zero-order valence-electron chi connectivity index (χ0n) is 12.8. The smallest absolute Gasteiger partial charge is 0.0217 e. The van der Waals surface area contributed by atoms with Crippen LogP contribution in [0.25, 0.3) is 0 Å². The summed E-state index contributed by atoms with van der Waals surface area (Å²) in [6.07, 6.45) is 12.1. The second-order valence-corrected chi connectivity index (χ2v) is 8.29. The molecule has 2 heteroatoms. The van der Waals surface area contributed by atoms with Crippen LogP contribution in [0.2, 0.25) is 0 Å². The van der Waals surface area contributed by atoms with Crippen LogP contribution >= 0.6 is 0 Å². The van der Waals surface area contributed by atoms with Gasteiger partial charge in [0.15, 0.2) is 0 Å². The Bertz CT molecular complexity index is 308. The van der Waals surface area contributed by atoms with E-state index in [1.54, 1.807) is 19.3 Å². The maximum absolute atomic E-state index is 2.88. The molecule has 5 rings (SSSR count). The molecule has 4 saturated carbocycles. The minimum atomic E-state index is 0.620. The summed E-state index contributed by atoms with van der Waals surface area (Å²) in [7, 11) is 4.75. The Morgan fingerprint density at radius 3 is 1.84 bits per heavy atom. The average molecular weight is 262 g/mol. The van der Waals surface area contributed by atoms with Gasteiger partial charge in [0, 0.05) is 11.6 Å². The van der Waals surface area contributed by atoms with Gasteiger partial charge in [0.25, 0.3) is 0 Å². The van der Waals surface area contributed by atoms with Crippen LogP contribution in [0, 0.1) is 17.8 Å². The van der Waals surface area contributed by atoms with Crippen LogP contribution in [0.3, 0.4) is 0 Å². The number of likely N-dealkylation sites (tertiary alicyclic amines) is 1. The molecule has 1 saturated heterocycles. The summed E-state index contributed by atoms with van der Waals surface area (Å²) >= 11 is 0. The first-order valence-corrected chi connectivity index (χ1v) is 8.56. The molecular formula is C17H30N2.